The third-order valence-electron chi connectivity index (χ3n) is 1.22. The number of rotatable bonds is 1. The van der Waals surface area contributed by atoms with Crippen LogP contribution in [0.25, 0.3) is 0 Å². The molecule has 0 amide bonds. The Labute approximate surface area is 59.7 Å². The molecule has 0 atom stereocenters. The van der Waals surface area contributed by atoms with Crippen LogP contribution in [0.3, 0.4) is 0 Å². The van der Waals surface area contributed by atoms with Crippen molar-refractivity contribution in [2.24, 2.45) is 0 Å². The molecular weight excluding hydrogens is 134 g/mol. The van der Waals surface area contributed by atoms with Crippen molar-refractivity contribution < 1.29 is 0 Å². The standard InChI is InChI=1S/C7H8ClN/c1-2-6-5-9-4-3-7(6)8/h3-5H,2H2,1H3. The Bertz CT molecular complexity index is 198. The second kappa shape index (κ2) is 2.83. The van der Waals surface area contributed by atoms with Crippen molar-refractivity contribution in [3.63, 3.8) is 0 Å². The molecule has 0 fully saturated rings. The zero-order valence-electron chi connectivity index (χ0n) is 5.26. The maximum absolute atomic E-state index is 5.78. The highest BCUT2D eigenvalue weighted by molar-refractivity contribution is 6.31. The molecule has 0 aromatic carbocycles. The summed E-state index contributed by atoms with van der Waals surface area (Å²) >= 11 is 5.78. The molecule has 0 spiro atoms. The average Bonchev–Trinajstić information content (AvgIpc) is 1.89. The van der Waals surface area contributed by atoms with Gasteiger partial charge in [0.25, 0.3) is 0 Å². The van der Waals surface area contributed by atoms with E-state index in [0.29, 0.717) is 0 Å². The summed E-state index contributed by atoms with van der Waals surface area (Å²) in [5.74, 6) is 0. The highest BCUT2D eigenvalue weighted by Crippen LogP contribution is 2.12. The van der Waals surface area contributed by atoms with Crippen molar-refractivity contribution in [3.8, 4) is 0 Å². The van der Waals surface area contributed by atoms with E-state index in [1.54, 1.807) is 18.5 Å². The van der Waals surface area contributed by atoms with E-state index in [0.717, 1.165) is 17.0 Å². The number of aryl methyl sites for hydroxylation is 1. The van der Waals surface area contributed by atoms with Crippen molar-refractivity contribution in [1.82, 2.24) is 4.98 Å². The maximum atomic E-state index is 5.78. The molecule has 1 nitrogen and oxygen atoms in total. The Balaban J connectivity index is 3.01. The summed E-state index contributed by atoms with van der Waals surface area (Å²) in [6, 6.07) is 1.81. The molecule has 0 saturated carbocycles. The molecule has 1 aromatic rings. The Kier molecular flexibility index (Phi) is 2.06. The summed E-state index contributed by atoms with van der Waals surface area (Å²) in [6.45, 7) is 2.06. The van der Waals surface area contributed by atoms with Crippen LogP contribution in [-0.2, 0) is 6.42 Å². The van der Waals surface area contributed by atoms with Crippen LogP contribution in [0.2, 0.25) is 5.02 Å². The molecular formula is C7H8ClN. The van der Waals surface area contributed by atoms with E-state index < -0.39 is 0 Å². The Morgan fingerprint density at radius 2 is 2.44 bits per heavy atom. The predicted octanol–water partition coefficient (Wildman–Crippen LogP) is 2.30. The summed E-state index contributed by atoms with van der Waals surface area (Å²) in [6.07, 6.45) is 4.44. The molecule has 0 aliphatic carbocycles. The van der Waals surface area contributed by atoms with E-state index in [9.17, 15) is 0 Å². The monoisotopic (exact) mass is 141 g/mol. The fourth-order valence-corrected chi connectivity index (χ4v) is 0.909. The van der Waals surface area contributed by atoms with Crippen molar-refractivity contribution in [2.45, 2.75) is 13.3 Å². The van der Waals surface area contributed by atoms with Gasteiger partial charge in [-0.25, -0.2) is 0 Å². The Morgan fingerprint density at radius 3 is 2.89 bits per heavy atom. The molecule has 2 heteroatoms. The first-order valence-electron chi connectivity index (χ1n) is 2.93. The minimum absolute atomic E-state index is 0.813. The van der Waals surface area contributed by atoms with Crippen molar-refractivity contribution in [1.29, 1.82) is 0 Å². The van der Waals surface area contributed by atoms with Gasteiger partial charge in [0, 0.05) is 17.4 Å². The fourth-order valence-electron chi connectivity index (χ4n) is 0.670. The second-order valence-corrected chi connectivity index (χ2v) is 2.23. The van der Waals surface area contributed by atoms with Crippen LogP contribution in [-0.4, -0.2) is 4.98 Å². The number of aromatic nitrogens is 1. The van der Waals surface area contributed by atoms with E-state index in [-0.39, 0.29) is 0 Å². The number of pyridine rings is 1. The van der Waals surface area contributed by atoms with Crippen molar-refractivity contribution in [3.05, 3.63) is 29.0 Å². The van der Waals surface area contributed by atoms with Gasteiger partial charge in [-0.1, -0.05) is 18.5 Å². The summed E-state index contributed by atoms with van der Waals surface area (Å²) < 4.78 is 0. The van der Waals surface area contributed by atoms with Gasteiger partial charge < -0.3 is 0 Å². The lowest BCUT2D eigenvalue weighted by molar-refractivity contribution is 1.10. The number of nitrogens with zero attached hydrogens (tertiary/aromatic N) is 1. The zero-order chi connectivity index (χ0) is 6.69. The topological polar surface area (TPSA) is 12.9 Å². The van der Waals surface area contributed by atoms with Crippen LogP contribution >= 0.6 is 11.6 Å². The third-order valence-corrected chi connectivity index (χ3v) is 1.59. The molecule has 0 aliphatic rings. The number of halogens is 1. The average molecular weight is 142 g/mol. The molecule has 0 radical (unpaired) electrons. The SMILES string of the molecule is CCc1cnccc1Cl. The van der Waals surface area contributed by atoms with Gasteiger partial charge in [0.15, 0.2) is 0 Å². The van der Waals surface area contributed by atoms with Crippen molar-refractivity contribution >= 4 is 11.6 Å². The van der Waals surface area contributed by atoms with E-state index in [1.807, 2.05) is 0 Å². The van der Waals surface area contributed by atoms with Gasteiger partial charge in [-0.3, -0.25) is 4.98 Å². The first-order chi connectivity index (χ1) is 4.34. The van der Waals surface area contributed by atoms with Crippen LogP contribution < -0.4 is 0 Å². The lowest BCUT2D eigenvalue weighted by Gasteiger charge is -1.95. The van der Waals surface area contributed by atoms with Gasteiger partial charge in [0.05, 0.1) is 0 Å². The normalized spacial score (nSPS) is 9.56. The van der Waals surface area contributed by atoms with Gasteiger partial charge in [-0.15, -0.1) is 0 Å². The second-order valence-electron chi connectivity index (χ2n) is 1.82. The minimum atomic E-state index is 0.813. The van der Waals surface area contributed by atoms with E-state index in [4.69, 9.17) is 11.6 Å². The molecule has 0 unspecified atom stereocenters. The minimum Gasteiger partial charge on any atom is -0.264 e. The molecule has 0 saturated heterocycles. The first kappa shape index (κ1) is 6.56. The predicted molar refractivity (Wildman–Crippen MR) is 38.6 cm³/mol. The highest BCUT2D eigenvalue weighted by Gasteiger charge is 1.92. The smallest absolute Gasteiger partial charge is 0.0468 e. The molecule has 0 bridgehead atoms. The van der Waals surface area contributed by atoms with Crippen LogP contribution in [0.15, 0.2) is 18.5 Å². The summed E-state index contributed by atoms with van der Waals surface area (Å²) in [4.78, 5) is 3.93. The molecule has 48 valence electrons. The number of hydrogen-bond donors (Lipinski definition) is 0. The van der Waals surface area contributed by atoms with Crippen LogP contribution in [0, 0.1) is 0 Å². The third kappa shape index (κ3) is 1.42. The van der Waals surface area contributed by atoms with Crippen molar-refractivity contribution in [2.75, 3.05) is 0 Å². The highest BCUT2D eigenvalue weighted by atomic mass is 35.5. The summed E-state index contributed by atoms with van der Waals surface area (Å²) in [5.41, 5.74) is 1.11. The van der Waals surface area contributed by atoms with Gasteiger partial charge in [-0.05, 0) is 18.1 Å². The van der Waals surface area contributed by atoms with E-state index in [2.05, 4.69) is 11.9 Å². The van der Waals surface area contributed by atoms with Crippen LogP contribution in [0.5, 0.6) is 0 Å². The summed E-state index contributed by atoms with van der Waals surface area (Å²) in [7, 11) is 0. The van der Waals surface area contributed by atoms with Gasteiger partial charge in [0.2, 0.25) is 0 Å². The maximum Gasteiger partial charge on any atom is 0.0468 e. The van der Waals surface area contributed by atoms with Crippen LogP contribution in [0.4, 0.5) is 0 Å². The Hall–Kier alpha value is -0.560. The summed E-state index contributed by atoms with van der Waals surface area (Å²) in [5, 5.41) is 0.813. The fraction of sp³-hybridized carbons (Fsp3) is 0.286. The molecule has 0 N–H and O–H groups in total. The molecule has 1 aromatic heterocycles. The molecule has 0 aliphatic heterocycles. The lowest BCUT2D eigenvalue weighted by Crippen LogP contribution is -1.81. The number of hydrogen-bond acceptors (Lipinski definition) is 1. The molecule has 1 heterocycles. The molecule has 9 heavy (non-hydrogen) atoms. The van der Waals surface area contributed by atoms with Gasteiger partial charge in [0.1, 0.15) is 0 Å². The lowest BCUT2D eigenvalue weighted by atomic mass is 10.2. The van der Waals surface area contributed by atoms with Gasteiger partial charge >= 0.3 is 0 Å². The zero-order valence-corrected chi connectivity index (χ0v) is 6.02. The first-order valence-corrected chi connectivity index (χ1v) is 3.30. The van der Waals surface area contributed by atoms with E-state index >= 15 is 0 Å². The van der Waals surface area contributed by atoms with Crippen LogP contribution in [0.1, 0.15) is 12.5 Å². The molecule has 1 rings (SSSR count). The quantitative estimate of drug-likeness (QED) is 0.585. The Morgan fingerprint density at radius 1 is 1.67 bits per heavy atom. The van der Waals surface area contributed by atoms with Gasteiger partial charge in [-0.2, -0.15) is 0 Å². The van der Waals surface area contributed by atoms with E-state index in [1.165, 1.54) is 0 Å². The largest absolute Gasteiger partial charge is 0.264 e.